The maximum absolute atomic E-state index is 12.9. The molecule has 0 bridgehead atoms. The van der Waals surface area contributed by atoms with Crippen molar-refractivity contribution in [2.45, 2.75) is 36.8 Å². The minimum atomic E-state index is -3.82. The highest BCUT2D eigenvalue weighted by Gasteiger charge is 2.33. The molecule has 27 heavy (non-hydrogen) atoms. The van der Waals surface area contributed by atoms with Crippen LogP contribution in [0.25, 0.3) is 0 Å². The van der Waals surface area contributed by atoms with E-state index in [9.17, 15) is 13.2 Å². The van der Waals surface area contributed by atoms with Crippen molar-refractivity contribution in [3.63, 3.8) is 0 Å². The van der Waals surface area contributed by atoms with Gasteiger partial charge in [0.2, 0.25) is 10.0 Å². The summed E-state index contributed by atoms with van der Waals surface area (Å²) in [6, 6.07) is 4.31. The molecule has 1 aromatic carbocycles. The fourth-order valence-corrected chi connectivity index (χ4v) is 5.88. The number of urea groups is 1. The van der Waals surface area contributed by atoms with Crippen LogP contribution in [-0.2, 0) is 14.8 Å². The number of carbonyl (C=O) groups excluding carboxylic acids is 1. The number of nitrogens with zero attached hydrogens (tertiary/aromatic N) is 2. The molecule has 0 aliphatic carbocycles. The van der Waals surface area contributed by atoms with Crippen LogP contribution in [0, 0.1) is 0 Å². The monoisotopic (exact) mass is 435 g/mol. The summed E-state index contributed by atoms with van der Waals surface area (Å²) in [6.45, 7) is 3.62. The van der Waals surface area contributed by atoms with Crippen molar-refractivity contribution in [1.29, 1.82) is 0 Å². The summed E-state index contributed by atoms with van der Waals surface area (Å²) in [5, 5.41) is 3.13. The molecule has 0 radical (unpaired) electrons. The molecule has 10 heteroatoms. The molecule has 2 aliphatic rings. The summed E-state index contributed by atoms with van der Waals surface area (Å²) in [4.78, 5) is 14.0. The number of halogens is 2. The summed E-state index contributed by atoms with van der Waals surface area (Å²) < 4.78 is 32.7. The molecule has 2 heterocycles. The highest BCUT2D eigenvalue weighted by molar-refractivity contribution is 7.89. The smallest absolute Gasteiger partial charge is 0.317 e. The number of ether oxygens (including phenoxy) is 1. The molecule has 7 nitrogen and oxygen atoms in total. The van der Waals surface area contributed by atoms with E-state index in [0.29, 0.717) is 13.1 Å². The Morgan fingerprint density at radius 3 is 2.41 bits per heavy atom. The molecule has 2 fully saturated rings. The van der Waals surface area contributed by atoms with E-state index in [4.69, 9.17) is 27.9 Å². The third kappa shape index (κ3) is 4.51. The zero-order valence-corrected chi connectivity index (χ0v) is 17.4. The number of piperazine rings is 1. The molecule has 150 valence electrons. The Bertz CT molecular complexity index is 771. The number of hydrogen-bond donors (Lipinski definition) is 1. The standard InChI is InChI=1S/C17H23Cl2N3O4S/c1-12(15-6-3-11-26-15)20-17(23)21-7-9-22(10-8-21)27(24,25)16-13(18)4-2-5-14(16)19/h2,4-5,12,15H,3,6-11H2,1H3,(H,20,23). The van der Waals surface area contributed by atoms with E-state index in [1.165, 1.54) is 16.4 Å². The number of hydrogen-bond acceptors (Lipinski definition) is 4. The van der Waals surface area contributed by atoms with Crippen LogP contribution in [0.15, 0.2) is 23.1 Å². The minimum absolute atomic E-state index is 0.0398. The molecule has 2 unspecified atom stereocenters. The summed E-state index contributed by atoms with van der Waals surface area (Å²) in [5.74, 6) is 0. The fourth-order valence-electron chi connectivity index (χ4n) is 3.37. The molecule has 2 saturated heterocycles. The van der Waals surface area contributed by atoms with Gasteiger partial charge < -0.3 is 15.0 Å². The van der Waals surface area contributed by atoms with Crippen molar-refractivity contribution in [1.82, 2.24) is 14.5 Å². The second-order valence-corrected chi connectivity index (χ2v) is 9.42. The molecular weight excluding hydrogens is 413 g/mol. The Balaban J connectivity index is 1.60. The van der Waals surface area contributed by atoms with Crippen molar-refractivity contribution >= 4 is 39.3 Å². The van der Waals surface area contributed by atoms with Crippen molar-refractivity contribution < 1.29 is 17.9 Å². The first-order valence-electron chi connectivity index (χ1n) is 8.92. The van der Waals surface area contributed by atoms with Crippen LogP contribution >= 0.6 is 23.2 Å². The van der Waals surface area contributed by atoms with E-state index in [-0.39, 0.29) is 46.2 Å². The molecule has 0 spiro atoms. The Morgan fingerprint density at radius 1 is 1.22 bits per heavy atom. The lowest BCUT2D eigenvalue weighted by molar-refractivity contribution is 0.0821. The molecule has 3 rings (SSSR count). The van der Waals surface area contributed by atoms with E-state index >= 15 is 0 Å². The van der Waals surface area contributed by atoms with Crippen molar-refractivity contribution in [2.24, 2.45) is 0 Å². The maximum atomic E-state index is 12.9. The molecule has 2 amide bonds. The average molecular weight is 436 g/mol. The molecule has 0 aromatic heterocycles. The van der Waals surface area contributed by atoms with Gasteiger partial charge >= 0.3 is 6.03 Å². The fraction of sp³-hybridized carbons (Fsp3) is 0.588. The van der Waals surface area contributed by atoms with Gasteiger partial charge in [0.05, 0.1) is 22.2 Å². The average Bonchev–Trinajstić information content (AvgIpc) is 3.16. The van der Waals surface area contributed by atoms with Crippen LogP contribution in [0.5, 0.6) is 0 Å². The van der Waals surface area contributed by atoms with Gasteiger partial charge in [0.25, 0.3) is 0 Å². The van der Waals surface area contributed by atoms with E-state index in [0.717, 1.165) is 19.4 Å². The molecule has 0 saturated carbocycles. The SMILES string of the molecule is CC(NC(=O)N1CCN(S(=O)(=O)c2c(Cl)cccc2Cl)CC1)C1CCCO1. The molecule has 1 N–H and O–H groups in total. The third-order valence-corrected chi connectivity index (χ3v) is 7.77. The predicted molar refractivity (Wildman–Crippen MR) is 104 cm³/mol. The van der Waals surface area contributed by atoms with Gasteiger partial charge in [-0.3, -0.25) is 0 Å². The van der Waals surface area contributed by atoms with Gasteiger partial charge in [0.15, 0.2) is 0 Å². The van der Waals surface area contributed by atoms with Crippen LogP contribution in [0.1, 0.15) is 19.8 Å². The predicted octanol–water partition coefficient (Wildman–Crippen LogP) is 2.58. The Hall–Kier alpha value is -1.06. The molecule has 1 aromatic rings. The molecular formula is C17H23Cl2N3O4S. The van der Waals surface area contributed by atoms with Gasteiger partial charge in [0.1, 0.15) is 4.90 Å². The number of rotatable bonds is 4. The second kappa shape index (κ2) is 8.53. The van der Waals surface area contributed by atoms with Crippen molar-refractivity contribution in [3.8, 4) is 0 Å². The quantitative estimate of drug-likeness (QED) is 0.787. The summed E-state index contributed by atoms with van der Waals surface area (Å²) in [6.07, 6.45) is 1.98. The lowest BCUT2D eigenvalue weighted by atomic mass is 10.1. The van der Waals surface area contributed by atoms with Crippen molar-refractivity contribution in [2.75, 3.05) is 32.8 Å². The van der Waals surface area contributed by atoms with Gasteiger partial charge in [-0.1, -0.05) is 29.3 Å². The number of carbonyl (C=O) groups is 1. The van der Waals surface area contributed by atoms with Crippen LogP contribution in [0.2, 0.25) is 10.0 Å². The van der Waals surface area contributed by atoms with E-state index in [1.807, 2.05) is 6.92 Å². The lowest BCUT2D eigenvalue weighted by Gasteiger charge is -2.35. The second-order valence-electron chi connectivity index (χ2n) is 6.73. The largest absolute Gasteiger partial charge is 0.376 e. The van der Waals surface area contributed by atoms with Crippen LogP contribution in [-0.4, -0.2) is 68.6 Å². The summed E-state index contributed by atoms with van der Waals surface area (Å²) in [5.41, 5.74) is 0. The zero-order chi connectivity index (χ0) is 19.6. The highest BCUT2D eigenvalue weighted by atomic mass is 35.5. The first kappa shape index (κ1) is 20.7. The maximum Gasteiger partial charge on any atom is 0.317 e. The Morgan fingerprint density at radius 2 is 1.85 bits per heavy atom. The molecule has 2 aliphatic heterocycles. The van der Waals surface area contributed by atoms with Gasteiger partial charge in [-0.15, -0.1) is 0 Å². The van der Waals surface area contributed by atoms with Gasteiger partial charge in [-0.25, -0.2) is 13.2 Å². The third-order valence-electron chi connectivity index (χ3n) is 4.92. The summed E-state index contributed by atoms with van der Waals surface area (Å²) >= 11 is 12.1. The normalized spacial score (nSPS) is 22.6. The van der Waals surface area contributed by atoms with Crippen LogP contribution in [0.3, 0.4) is 0 Å². The van der Waals surface area contributed by atoms with E-state index in [2.05, 4.69) is 5.32 Å². The van der Waals surface area contributed by atoms with E-state index < -0.39 is 10.0 Å². The Labute approximate surface area is 169 Å². The first-order valence-corrected chi connectivity index (χ1v) is 11.1. The number of sulfonamides is 1. The van der Waals surface area contributed by atoms with Crippen molar-refractivity contribution in [3.05, 3.63) is 28.2 Å². The molecule has 2 atom stereocenters. The minimum Gasteiger partial charge on any atom is -0.376 e. The topological polar surface area (TPSA) is 79.0 Å². The summed E-state index contributed by atoms with van der Waals surface area (Å²) in [7, 11) is -3.82. The zero-order valence-electron chi connectivity index (χ0n) is 15.0. The van der Waals surface area contributed by atoms with Crippen LogP contribution < -0.4 is 5.32 Å². The lowest BCUT2D eigenvalue weighted by Crippen LogP contribution is -2.55. The Kier molecular flexibility index (Phi) is 6.53. The number of nitrogens with one attached hydrogen (secondary N) is 1. The highest BCUT2D eigenvalue weighted by Crippen LogP contribution is 2.31. The van der Waals surface area contributed by atoms with Crippen LogP contribution in [0.4, 0.5) is 4.79 Å². The first-order chi connectivity index (χ1) is 12.8. The van der Waals surface area contributed by atoms with Gasteiger partial charge in [0, 0.05) is 32.8 Å². The number of amides is 2. The number of benzene rings is 1. The van der Waals surface area contributed by atoms with E-state index in [1.54, 1.807) is 11.0 Å². The van der Waals surface area contributed by atoms with Gasteiger partial charge in [-0.05, 0) is 31.9 Å². The van der Waals surface area contributed by atoms with Gasteiger partial charge in [-0.2, -0.15) is 4.31 Å².